The first kappa shape index (κ1) is 12.1. The Bertz CT molecular complexity index is 561. The molecule has 0 aliphatic rings. The lowest BCUT2D eigenvalue weighted by Gasteiger charge is -2.00. The number of para-hydroxylation sites is 1. The highest BCUT2D eigenvalue weighted by molar-refractivity contribution is 8.18. The standard InChI is InChI=1S/C13H11N4S/c14-11-18-13(15-12-7-3-1-4-8-12)16-17-9-5-2-6-10-17/h1-10H,(H,15,16)/q+1. The van der Waals surface area contributed by atoms with Crippen LogP contribution in [0.5, 0.6) is 0 Å². The molecule has 0 unspecified atom stereocenters. The molecule has 1 heterocycles. The van der Waals surface area contributed by atoms with Crippen molar-refractivity contribution in [1.82, 2.24) is 0 Å². The van der Waals surface area contributed by atoms with Gasteiger partial charge in [-0.05, 0) is 12.1 Å². The molecule has 0 saturated heterocycles. The van der Waals surface area contributed by atoms with Gasteiger partial charge in [0.1, 0.15) is 5.40 Å². The van der Waals surface area contributed by atoms with Gasteiger partial charge >= 0.3 is 0 Å². The third-order valence-electron chi connectivity index (χ3n) is 2.07. The number of hydrogen-bond donors (Lipinski definition) is 1. The Morgan fingerprint density at radius 1 is 1.11 bits per heavy atom. The summed E-state index contributed by atoms with van der Waals surface area (Å²) >= 11 is 0.990. The molecule has 0 saturated carbocycles. The van der Waals surface area contributed by atoms with Crippen molar-refractivity contribution in [2.75, 3.05) is 5.43 Å². The van der Waals surface area contributed by atoms with Crippen molar-refractivity contribution in [3.63, 3.8) is 0 Å². The minimum absolute atomic E-state index is 0.528. The molecule has 0 radical (unpaired) electrons. The summed E-state index contributed by atoms with van der Waals surface area (Å²) < 4.78 is 1.74. The topological polar surface area (TPSA) is 52.1 Å². The highest BCUT2D eigenvalue weighted by Gasteiger charge is 2.05. The molecule has 1 aromatic carbocycles. The number of benzene rings is 1. The zero-order valence-corrected chi connectivity index (χ0v) is 10.3. The second-order valence-corrected chi connectivity index (χ2v) is 4.11. The van der Waals surface area contributed by atoms with Crippen molar-refractivity contribution in [3.8, 4) is 5.40 Å². The Morgan fingerprint density at radius 2 is 1.78 bits per heavy atom. The van der Waals surface area contributed by atoms with E-state index >= 15 is 0 Å². The van der Waals surface area contributed by atoms with Crippen molar-refractivity contribution >= 4 is 22.6 Å². The van der Waals surface area contributed by atoms with Gasteiger partial charge in [-0.3, -0.25) is 0 Å². The number of thioether (sulfide) groups is 1. The molecular weight excluding hydrogens is 244 g/mol. The van der Waals surface area contributed by atoms with Gasteiger partial charge in [0.2, 0.25) is 5.17 Å². The van der Waals surface area contributed by atoms with Crippen LogP contribution in [0.4, 0.5) is 5.69 Å². The second-order valence-electron chi connectivity index (χ2n) is 3.34. The van der Waals surface area contributed by atoms with Gasteiger partial charge in [0.15, 0.2) is 12.4 Å². The Labute approximate surface area is 110 Å². The van der Waals surface area contributed by atoms with Crippen LogP contribution in [0.25, 0.3) is 0 Å². The van der Waals surface area contributed by atoms with Gasteiger partial charge in [-0.1, -0.05) is 28.9 Å². The van der Waals surface area contributed by atoms with Crippen LogP contribution < -0.4 is 10.1 Å². The molecule has 0 amide bonds. The van der Waals surface area contributed by atoms with Crippen LogP contribution in [0.2, 0.25) is 0 Å². The first-order valence-electron chi connectivity index (χ1n) is 5.31. The molecule has 0 fully saturated rings. The van der Waals surface area contributed by atoms with Gasteiger partial charge in [0.05, 0.1) is 5.69 Å². The molecule has 0 spiro atoms. The fourth-order valence-corrected chi connectivity index (χ4v) is 1.71. The van der Waals surface area contributed by atoms with Crippen LogP contribution in [0.1, 0.15) is 0 Å². The number of nitriles is 1. The van der Waals surface area contributed by atoms with Gasteiger partial charge in [-0.15, -0.1) is 5.43 Å². The molecule has 4 nitrogen and oxygen atoms in total. The van der Waals surface area contributed by atoms with E-state index in [4.69, 9.17) is 5.26 Å². The lowest BCUT2D eigenvalue weighted by Crippen LogP contribution is -2.46. The number of aliphatic imine (C=N–C) groups is 1. The van der Waals surface area contributed by atoms with Crippen molar-refractivity contribution in [1.29, 1.82) is 5.26 Å². The Hall–Kier alpha value is -2.32. The van der Waals surface area contributed by atoms with Crippen LogP contribution in [0.3, 0.4) is 0 Å². The average Bonchev–Trinajstić information content (AvgIpc) is 2.41. The van der Waals surface area contributed by atoms with E-state index in [2.05, 4.69) is 10.4 Å². The zero-order chi connectivity index (χ0) is 12.6. The number of amidine groups is 1. The van der Waals surface area contributed by atoms with E-state index in [9.17, 15) is 0 Å². The van der Waals surface area contributed by atoms with Crippen molar-refractivity contribution < 1.29 is 4.68 Å². The smallest absolute Gasteiger partial charge is 0.220 e. The van der Waals surface area contributed by atoms with E-state index in [1.54, 1.807) is 4.68 Å². The first-order chi connectivity index (χ1) is 8.88. The van der Waals surface area contributed by atoms with Gasteiger partial charge in [0, 0.05) is 23.9 Å². The summed E-state index contributed by atoms with van der Waals surface area (Å²) in [6.07, 6.45) is 3.69. The van der Waals surface area contributed by atoms with Gasteiger partial charge in [-0.2, -0.15) is 5.26 Å². The maximum atomic E-state index is 8.78. The maximum Gasteiger partial charge on any atom is 0.234 e. The molecule has 0 atom stereocenters. The molecule has 0 bridgehead atoms. The summed E-state index contributed by atoms with van der Waals surface area (Å²) in [6.45, 7) is 0. The molecule has 0 aliphatic carbocycles. The monoisotopic (exact) mass is 255 g/mol. The third-order valence-corrected chi connectivity index (χ3v) is 2.54. The molecule has 5 heteroatoms. The third kappa shape index (κ3) is 3.61. The number of nitrogens with zero attached hydrogens (tertiary/aromatic N) is 3. The molecule has 1 aromatic heterocycles. The second kappa shape index (κ2) is 6.42. The minimum Gasteiger partial charge on any atom is -0.220 e. The Kier molecular flexibility index (Phi) is 4.33. The Morgan fingerprint density at radius 3 is 2.44 bits per heavy atom. The first-order valence-corrected chi connectivity index (χ1v) is 6.13. The lowest BCUT2D eigenvalue weighted by molar-refractivity contribution is -0.639. The van der Waals surface area contributed by atoms with Gasteiger partial charge in [0.25, 0.3) is 0 Å². The van der Waals surface area contributed by atoms with E-state index in [1.165, 1.54) is 0 Å². The van der Waals surface area contributed by atoms with E-state index < -0.39 is 0 Å². The molecule has 18 heavy (non-hydrogen) atoms. The normalized spacial score (nSPS) is 10.7. The van der Waals surface area contributed by atoms with E-state index in [1.807, 2.05) is 66.3 Å². The number of pyridine rings is 1. The van der Waals surface area contributed by atoms with Crippen molar-refractivity contribution in [2.45, 2.75) is 0 Å². The van der Waals surface area contributed by atoms with Crippen LogP contribution in [0, 0.1) is 10.7 Å². The number of nitrogens with one attached hydrogen (secondary N) is 1. The SMILES string of the molecule is N#CSC(=Nc1ccccc1)N[n+]1ccccc1. The fraction of sp³-hybridized carbons (Fsp3) is 0. The van der Waals surface area contributed by atoms with Crippen LogP contribution in [-0.4, -0.2) is 5.17 Å². The summed E-state index contributed by atoms with van der Waals surface area (Å²) in [5, 5.41) is 11.3. The quantitative estimate of drug-likeness (QED) is 0.388. The number of hydrogen-bond acceptors (Lipinski definition) is 3. The van der Waals surface area contributed by atoms with E-state index in [0.29, 0.717) is 5.17 Å². The van der Waals surface area contributed by atoms with Gasteiger partial charge < -0.3 is 0 Å². The predicted octanol–water partition coefficient (Wildman–Crippen LogP) is 2.42. The van der Waals surface area contributed by atoms with Crippen LogP contribution >= 0.6 is 11.8 Å². The summed E-state index contributed by atoms with van der Waals surface area (Å²) in [6, 6.07) is 15.2. The van der Waals surface area contributed by atoms with Crippen molar-refractivity contribution in [3.05, 3.63) is 60.9 Å². The Balaban J connectivity index is 2.19. The largest absolute Gasteiger partial charge is 0.234 e. The molecular formula is C13H11N4S+. The highest BCUT2D eigenvalue weighted by Crippen LogP contribution is 2.12. The van der Waals surface area contributed by atoms with E-state index in [-0.39, 0.29) is 0 Å². The molecule has 1 N–H and O–H groups in total. The number of thiocyanates is 1. The lowest BCUT2D eigenvalue weighted by atomic mass is 10.3. The number of rotatable bonds is 2. The fourth-order valence-electron chi connectivity index (χ4n) is 1.32. The average molecular weight is 255 g/mol. The van der Waals surface area contributed by atoms with Crippen LogP contribution in [-0.2, 0) is 0 Å². The maximum absolute atomic E-state index is 8.78. The zero-order valence-electron chi connectivity index (χ0n) is 9.52. The number of aromatic nitrogens is 1. The van der Waals surface area contributed by atoms with Crippen LogP contribution in [0.15, 0.2) is 65.9 Å². The molecule has 88 valence electrons. The molecule has 2 rings (SSSR count). The van der Waals surface area contributed by atoms with Crippen molar-refractivity contribution in [2.24, 2.45) is 4.99 Å². The summed E-state index contributed by atoms with van der Waals surface area (Å²) in [5.74, 6) is 0. The molecule has 2 aromatic rings. The summed E-state index contributed by atoms with van der Waals surface area (Å²) in [5.41, 5.74) is 3.84. The van der Waals surface area contributed by atoms with E-state index in [0.717, 1.165) is 17.4 Å². The minimum atomic E-state index is 0.528. The summed E-state index contributed by atoms with van der Waals surface area (Å²) in [4.78, 5) is 4.37. The highest BCUT2D eigenvalue weighted by atomic mass is 32.2. The summed E-state index contributed by atoms with van der Waals surface area (Å²) in [7, 11) is 0. The van der Waals surface area contributed by atoms with Gasteiger partial charge in [-0.25, -0.2) is 4.99 Å². The molecule has 0 aliphatic heterocycles. The predicted molar refractivity (Wildman–Crippen MR) is 72.7 cm³/mol.